The van der Waals surface area contributed by atoms with E-state index in [1.165, 1.54) is 37.4 Å². The Kier molecular flexibility index (Phi) is 9.50. The number of esters is 1. The molecule has 1 aliphatic carbocycles. The maximum atomic E-state index is 11.8. The summed E-state index contributed by atoms with van der Waals surface area (Å²) >= 11 is 1.52. The van der Waals surface area contributed by atoms with Gasteiger partial charge >= 0.3 is 5.97 Å². The van der Waals surface area contributed by atoms with Crippen LogP contribution in [-0.2, 0) is 14.3 Å². The Labute approximate surface area is 131 Å². The third-order valence-electron chi connectivity index (χ3n) is 3.62. The Morgan fingerprint density at radius 1 is 1.29 bits per heavy atom. The molecule has 3 N–H and O–H groups in total. The molecule has 6 heteroatoms. The Bertz CT molecular complexity index is 318. The highest BCUT2D eigenvalue weighted by atomic mass is 32.2. The summed E-state index contributed by atoms with van der Waals surface area (Å²) in [4.78, 5) is 23.2. The van der Waals surface area contributed by atoms with E-state index in [4.69, 9.17) is 10.5 Å². The highest BCUT2D eigenvalue weighted by molar-refractivity contribution is 7.99. The summed E-state index contributed by atoms with van der Waals surface area (Å²) in [6, 6.07) is -0.232. The zero-order chi connectivity index (χ0) is 15.5. The van der Waals surface area contributed by atoms with E-state index in [2.05, 4.69) is 5.32 Å². The van der Waals surface area contributed by atoms with Crippen molar-refractivity contribution in [1.29, 1.82) is 0 Å². The fourth-order valence-corrected chi connectivity index (χ4v) is 3.27. The van der Waals surface area contributed by atoms with Gasteiger partial charge in [0, 0.05) is 6.04 Å². The molecule has 0 aromatic carbocycles. The van der Waals surface area contributed by atoms with Crippen LogP contribution < -0.4 is 11.1 Å². The van der Waals surface area contributed by atoms with Crippen LogP contribution in [0.15, 0.2) is 0 Å². The van der Waals surface area contributed by atoms with Gasteiger partial charge in [0.25, 0.3) is 0 Å². The average Bonchev–Trinajstić information content (AvgIpc) is 2.72. The summed E-state index contributed by atoms with van der Waals surface area (Å²) in [5.74, 6) is 0.863. The number of nitrogens with one attached hydrogen (secondary N) is 1. The number of nitrogens with two attached hydrogens (primary N) is 1. The predicted molar refractivity (Wildman–Crippen MR) is 86.2 cm³/mol. The molecular formula is C15H28N2O3S. The number of ether oxygens (including phenoxy) is 1. The van der Waals surface area contributed by atoms with Gasteiger partial charge in [0.15, 0.2) is 0 Å². The minimum absolute atomic E-state index is 0.0941. The van der Waals surface area contributed by atoms with Crippen LogP contribution in [0.1, 0.15) is 51.9 Å². The van der Waals surface area contributed by atoms with E-state index in [0.29, 0.717) is 30.6 Å². The van der Waals surface area contributed by atoms with E-state index >= 15 is 0 Å². The molecule has 1 rings (SSSR count). The lowest BCUT2D eigenvalue weighted by Crippen LogP contribution is -2.36. The minimum Gasteiger partial charge on any atom is -0.465 e. The zero-order valence-electron chi connectivity index (χ0n) is 12.9. The fraction of sp³-hybridized carbons (Fsp3) is 0.867. The lowest BCUT2D eigenvalue weighted by atomic mass is 10.1. The van der Waals surface area contributed by atoms with E-state index < -0.39 is 6.04 Å². The first-order valence-corrected chi connectivity index (χ1v) is 9.08. The van der Waals surface area contributed by atoms with Crippen LogP contribution in [0.5, 0.6) is 0 Å². The Morgan fingerprint density at radius 2 is 1.95 bits per heavy atom. The Balaban J connectivity index is 2.08. The Hall–Kier alpha value is -0.750. The van der Waals surface area contributed by atoms with E-state index in [0.717, 1.165) is 12.8 Å². The number of thioether (sulfide) groups is 1. The van der Waals surface area contributed by atoms with Crippen LogP contribution in [0.2, 0.25) is 0 Å². The summed E-state index contributed by atoms with van der Waals surface area (Å²) in [6.45, 7) is 2.11. The number of hydrogen-bond acceptors (Lipinski definition) is 5. The first-order valence-electron chi connectivity index (χ1n) is 7.92. The van der Waals surface area contributed by atoms with Crippen molar-refractivity contribution in [3.63, 3.8) is 0 Å². The van der Waals surface area contributed by atoms with Gasteiger partial charge in [-0.1, -0.05) is 25.7 Å². The monoisotopic (exact) mass is 316 g/mol. The molecule has 1 atom stereocenters. The molecule has 1 saturated carbocycles. The first-order chi connectivity index (χ1) is 10.1. The molecule has 1 amide bonds. The van der Waals surface area contributed by atoms with Gasteiger partial charge < -0.3 is 15.8 Å². The van der Waals surface area contributed by atoms with Crippen LogP contribution in [0.25, 0.3) is 0 Å². The third kappa shape index (κ3) is 8.31. The lowest BCUT2D eigenvalue weighted by Gasteiger charge is -2.16. The Morgan fingerprint density at radius 3 is 2.57 bits per heavy atom. The molecule has 0 heterocycles. The van der Waals surface area contributed by atoms with Crippen molar-refractivity contribution in [3.05, 3.63) is 0 Å². The maximum absolute atomic E-state index is 11.8. The molecule has 5 nitrogen and oxygen atoms in total. The van der Waals surface area contributed by atoms with Gasteiger partial charge in [-0.15, -0.1) is 0 Å². The van der Waals surface area contributed by atoms with E-state index in [1.54, 1.807) is 6.92 Å². The second kappa shape index (κ2) is 10.9. The van der Waals surface area contributed by atoms with Crippen molar-refractivity contribution in [2.45, 2.75) is 64.0 Å². The van der Waals surface area contributed by atoms with Crippen molar-refractivity contribution >= 4 is 23.6 Å². The summed E-state index contributed by atoms with van der Waals surface area (Å²) in [7, 11) is 0. The quantitative estimate of drug-likeness (QED) is 0.406. The average molecular weight is 316 g/mol. The first kappa shape index (κ1) is 18.3. The molecule has 0 bridgehead atoms. The van der Waals surface area contributed by atoms with Crippen LogP contribution >= 0.6 is 11.8 Å². The molecule has 1 aliphatic rings. The smallest absolute Gasteiger partial charge is 0.322 e. The third-order valence-corrected chi connectivity index (χ3v) is 4.61. The molecule has 1 unspecified atom stereocenters. The van der Waals surface area contributed by atoms with Gasteiger partial charge in [-0.3, -0.25) is 9.59 Å². The van der Waals surface area contributed by atoms with E-state index in [9.17, 15) is 9.59 Å². The largest absolute Gasteiger partial charge is 0.465 e. The molecule has 0 spiro atoms. The van der Waals surface area contributed by atoms with Crippen molar-refractivity contribution in [2.75, 3.05) is 18.1 Å². The standard InChI is InChI=1S/C15H28N2O3S/c1-2-20-15(19)13(16)9-10-21-11-14(18)17-12-7-5-3-4-6-8-12/h12-13H,2-11,16H2,1H3,(H,17,18). The molecule has 0 aromatic heterocycles. The van der Waals surface area contributed by atoms with Crippen LogP contribution in [0, 0.1) is 0 Å². The summed E-state index contributed by atoms with van der Waals surface area (Å²) in [6.07, 6.45) is 7.74. The second-order valence-corrected chi connectivity index (χ2v) is 6.56. The van der Waals surface area contributed by atoms with Crippen LogP contribution in [0.4, 0.5) is 0 Å². The van der Waals surface area contributed by atoms with Gasteiger partial charge in [0.05, 0.1) is 12.4 Å². The highest BCUT2D eigenvalue weighted by Crippen LogP contribution is 2.17. The lowest BCUT2D eigenvalue weighted by molar-refractivity contribution is -0.144. The van der Waals surface area contributed by atoms with Crippen LogP contribution in [0.3, 0.4) is 0 Å². The molecule has 0 saturated heterocycles. The number of rotatable bonds is 8. The summed E-state index contributed by atoms with van der Waals surface area (Å²) < 4.78 is 4.84. The molecule has 0 radical (unpaired) electrons. The summed E-state index contributed by atoms with van der Waals surface area (Å²) in [5, 5.41) is 3.11. The minimum atomic E-state index is -0.581. The number of hydrogen-bond donors (Lipinski definition) is 2. The van der Waals surface area contributed by atoms with Gasteiger partial charge in [0.1, 0.15) is 6.04 Å². The normalized spacial score (nSPS) is 17.8. The van der Waals surface area contributed by atoms with E-state index in [-0.39, 0.29) is 11.9 Å². The fourth-order valence-electron chi connectivity index (χ4n) is 2.44. The van der Waals surface area contributed by atoms with Crippen molar-refractivity contribution in [2.24, 2.45) is 5.73 Å². The zero-order valence-corrected chi connectivity index (χ0v) is 13.8. The summed E-state index contributed by atoms with van der Waals surface area (Å²) in [5.41, 5.74) is 5.70. The maximum Gasteiger partial charge on any atom is 0.322 e. The predicted octanol–water partition coefficient (Wildman–Crippen LogP) is 1.84. The van der Waals surface area contributed by atoms with Gasteiger partial charge in [-0.25, -0.2) is 0 Å². The second-order valence-electron chi connectivity index (χ2n) is 5.46. The van der Waals surface area contributed by atoms with Crippen molar-refractivity contribution in [1.82, 2.24) is 5.32 Å². The van der Waals surface area contributed by atoms with Gasteiger partial charge in [-0.2, -0.15) is 11.8 Å². The molecule has 0 aliphatic heterocycles. The number of carbonyl (C=O) groups excluding carboxylic acids is 2. The van der Waals surface area contributed by atoms with Crippen molar-refractivity contribution in [3.8, 4) is 0 Å². The molecule has 1 fully saturated rings. The van der Waals surface area contributed by atoms with Crippen molar-refractivity contribution < 1.29 is 14.3 Å². The molecule has 21 heavy (non-hydrogen) atoms. The topological polar surface area (TPSA) is 81.4 Å². The van der Waals surface area contributed by atoms with Gasteiger partial charge in [0.2, 0.25) is 5.91 Å². The van der Waals surface area contributed by atoms with E-state index in [1.807, 2.05) is 0 Å². The molecule has 0 aromatic rings. The highest BCUT2D eigenvalue weighted by Gasteiger charge is 2.16. The SMILES string of the molecule is CCOC(=O)C(N)CCSCC(=O)NC1CCCCCC1. The van der Waals surface area contributed by atoms with Crippen LogP contribution in [-0.4, -0.2) is 42.1 Å². The molecule has 122 valence electrons. The number of amides is 1. The van der Waals surface area contributed by atoms with Gasteiger partial charge in [-0.05, 0) is 31.9 Å². The number of carbonyl (C=O) groups is 2. The molecular weight excluding hydrogens is 288 g/mol.